The van der Waals surface area contributed by atoms with Crippen LogP contribution in [0.25, 0.3) is 0 Å². The number of nitro groups is 1. The van der Waals surface area contributed by atoms with Crippen LogP contribution in [0, 0.1) is 10.1 Å². The molecule has 0 unspecified atom stereocenters. The Morgan fingerprint density at radius 2 is 1.79 bits per heavy atom. The smallest absolute Gasteiger partial charge is 0.294 e. The average molecular weight is 263 g/mol. The van der Waals surface area contributed by atoms with Crippen molar-refractivity contribution in [3.63, 3.8) is 0 Å². The largest absolute Gasteiger partial charge is 0.399 e. The topological polar surface area (TPSA) is 81.2 Å². The standard InChI is InChI=1S/C14H21N3O2/c15-11-8-9-13(14(10-11)17(18)19)16-12-6-4-2-1-3-5-7-12/h8-10,12,16H,1-7,15H2. The Hall–Kier alpha value is -1.78. The molecule has 1 aromatic rings. The molecule has 0 spiro atoms. The fraction of sp³-hybridized carbons (Fsp3) is 0.571. The quantitative estimate of drug-likeness (QED) is 0.495. The summed E-state index contributed by atoms with van der Waals surface area (Å²) in [6, 6.07) is 5.18. The van der Waals surface area contributed by atoms with Crippen molar-refractivity contribution in [3.05, 3.63) is 28.3 Å². The Balaban J connectivity index is 2.10. The van der Waals surface area contributed by atoms with Crippen molar-refractivity contribution in [1.29, 1.82) is 0 Å². The van der Waals surface area contributed by atoms with Crippen molar-refractivity contribution < 1.29 is 4.92 Å². The number of hydrogen-bond acceptors (Lipinski definition) is 4. The second-order valence-corrected chi connectivity index (χ2v) is 5.22. The molecule has 19 heavy (non-hydrogen) atoms. The van der Waals surface area contributed by atoms with E-state index in [1.807, 2.05) is 0 Å². The van der Waals surface area contributed by atoms with Gasteiger partial charge in [0.15, 0.2) is 0 Å². The SMILES string of the molecule is Nc1ccc(NC2CCCCCCC2)c([N+](=O)[O-])c1. The molecule has 0 radical (unpaired) electrons. The van der Waals surface area contributed by atoms with E-state index >= 15 is 0 Å². The van der Waals surface area contributed by atoms with Gasteiger partial charge in [-0.05, 0) is 25.0 Å². The summed E-state index contributed by atoms with van der Waals surface area (Å²) in [5, 5.41) is 14.4. The van der Waals surface area contributed by atoms with E-state index in [4.69, 9.17) is 5.73 Å². The van der Waals surface area contributed by atoms with E-state index in [1.54, 1.807) is 12.1 Å². The molecule has 1 saturated carbocycles. The van der Waals surface area contributed by atoms with E-state index in [0.717, 1.165) is 12.8 Å². The van der Waals surface area contributed by atoms with Crippen molar-refractivity contribution in [2.45, 2.75) is 51.0 Å². The minimum atomic E-state index is -0.373. The fourth-order valence-electron chi connectivity index (χ4n) is 2.64. The predicted molar refractivity (Wildman–Crippen MR) is 77.2 cm³/mol. The molecule has 5 heteroatoms. The van der Waals surface area contributed by atoms with Crippen LogP contribution >= 0.6 is 0 Å². The summed E-state index contributed by atoms with van der Waals surface area (Å²) in [5.41, 5.74) is 6.70. The molecular weight excluding hydrogens is 242 g/mol. The highest BCUT2D eigenvalue weighted by Crippen LogP contribution is 2.29. The predicted octanol–water partition coefficient (Wildman–Crippen LogP) is 3.70. The lowest BCUT2D eigenvalue weighted by molar-refractivity contribution is -0.383. The van der Waals surface area contributed by atoms with Gasteiger partial charge in [0.1, 0.15) is 5.69 Å². The number of nitrogens with zero attached hydrogens (tertiary/aromatic N) is 1. The van der Waals surface area contributed by atoms with E-state index < -0.39 is 0 Å². The number of rotatable bonds is 3. The van der Waals surface area contributed by atoms with Gasteiger partial charge in [-0.25, -0.2) is 0 Å². The first-order valence-electron chi connectivity index (χ1n) is 6.97. The van der Waals surface area contributed by atoms with Crippen molar-refractivity contribution in [3.8, 4) is 0 Å². The first-order chi connectivity index (χ1) is 9.16. The number of anilines is 2. The van der Waals surface area contributed by atoms with E-state index in [9.17, 15) is 10.1 Å². The van der Waals surface area contributed by atoms with Crippen LogP contribution in [0.4, 0.5) is 17.1 Å². The first kappa shape index (κ1) is 13.6. The van der Waals surface area contributed by atoms with E-state index in [1.165, 1.54) is 38.2 Å². The van der Waals surface area contributed by atoms with Gasteiger partial charge in [0, 0.05) is 17.8 Å². The first-order valence-corrected chi connectivity index (χ1v) is 6.97. The van der Waals surface area contributed by atoms with Crippen LogP contribution in [-0.4, -0.2) is 11.0 Å². The molecule has 3 N–H and O–H groups in total. The van der Waals surface area contributed by atoms with Crippen molar-refractivity contribution >= 4 is 17.1 Å². The van der Waals surface area contributed by atoms with Gasteiger partial charge in [-0.2, -0.15) is 0 Å². The van der Waals surface area contributed by atoms with Gasteiger partial charge in [-0.1, -0.05) is 32.1 Å². The molecule has 0 aliphatic heterocycles. The zero-order valence-corrected chi connectivity index (χ0v) is 11.1. The number of hydrogen-bond donors (Lipinski definition) is 2. The maximum Gasteiger partial charge on any atom is 0.294 e. The van der Waals surface area contributed by atoms with Gasteiger partial charge in [0.2, 0.25) is 0 Å². The maximum atomic E-state index is 11.0. The lowest BCUT2D eigenvalue weighted by Crippen LogP contribution is -2.21. The molecule has 2 rings (SSSR count). The van der Waals surface area contributed by atoms with Crippen LogP contribution in [0.3, 0.4) is 0 Å². The minimum absolute atomic E-state index is 0.0714. The number of benzene rings is 1. The summed E-state index contributed by atoms with van der Waals surface area (Å²) in [7, 11) is 0. The molecule has 0 heterocycles. The van der Waals surface area contributed by atoms with Gasteiger partial charge >= 0.3 is 0 Å². The Kier molecular flexibility index (Phi) is 4.60. The zero-order chi connectivity index (χ0) is 13.7. The van der Waals surface area contributed by atoms with Crippen molar-refractivity contribution in [2.75, 3.05) is 11.1 Å². The molecule has 1 aliphatic carbocycles. The molecule has 0 atom stereocenters. The fourth-order valence-corrected chi connectivity index (χ4v) is 2.64. The summed E-state index contributed by atoms with van der Waals surface area (Å²) in [4.78, 5) is 10.7. The molecule has 0 bridgehead atoms. The van der Waals surface area contributed by atoms with Crippen molar-refractivity contribution in [2.24, 2.45) is 0 Å². The van der Waals surface area contributed by atoms with Gasteiger partial charge in [0.25, 0.3) is 5.69 Å². The van der Waals surface area contributed by atoms with Crippen LogP contribution in [0.2, 0.25) is 0 Å². The normalized spacial score (nSPS) is 17.5. The zero-order valence-electron chi connectivity index (χ0n) is 11.1. The van der Waals surface area contributed by atoms with E-state index in [-0.39, 0.29) is 10.6 Å². The number of nitrogens with two attached hydrogens (primary N) is 1. The molecule has 1 fully saturated rings. The Bertz CT molecular complexity index is 440. The second-order valence-electron chi connectivity index (χ2n) is 5.22. The Morgan fingerprint density at radius 3 is 2.42 bits per heavy atom. The monoisotopic (exact) mass is 263 g/mol. The summed E-state index contributed by atoms with van der Waals surface area (Å²) < 4.78 is 0. The minimum Gasteiger partial charge on any atom is -0.399 e. The van der Waals surface area contributed by atoms with Crippen LogP contribution < -0.4 is 11.1 Å². The van der Waals surface area contributed by atoms with Crippen LogP contribution in [0.5, 0.6) is 0 Å². The van der Waals surface area contributed by atoms with Crippen LogP contribution in [-0.2, 0) is 0 Å². The number of nitrogen functional groups attached to an aromatic ring is 1. The Morgan fingerprint density at radius 1 is 1.16 bits per heavy atom. The lowest BCUT2D eigenvalue weighted by Gasteiger charge is -2.22. The second kappa shape index (κ2) is 6.41. The molecule has 0 amide bonds. The van der Waals surface area contributed by atoms with Gasteiger partial charge in [-0.15, -0.1) is 0 Å². The summed E-state index contributed by atoms with van der Waals surface area (Å²) in [5.74, 6) is 0. The summed E-state index contributed by atoms with van der Waals surface area (Å²) in [6.45, 7) is 0. The molecule has 0 aromatic heterocycles. The van der Waals surface area contributed by atoms with Gasteiger partial charge < -0.3 is 11.1 Å². The number of nitro benzene ring substituents is 1. The highest BCUT2D eigenvalue weighted by molar-refractivity contribution is 5.67. The molecule has 5 nitrogen and oxygen atoms in total. The third-order valence-corrected chi connectivity index (χ3v) is 3.68. The molecular formula is C14H21N3O2. The van der Waals surface area contributed by atoms with Gasteiger partial charge in [-0.3, -0.25) is 10.1 Å². The molecule has 104 valence electrons. The summed E-state index contributed by atoms with van der Waals surface area (Å²) >= 11 is 0. The number of nitrogens with one attached hydrogen (secondary N) is 1. The Labute approximate surface area is 113 Å². The third kappa shape index (κ3) is 3.84. The van der Waals surface area contributed by atoms with E-state index in [2.05, 4.69) is 5.32 Å². The summed E-state index contributed by atoms with van der Waals surface area (Å²) in [6.07, 6.45) is 8.41. The molecule has 0 saturated heterocycles. The average Bonchev–Trinajstić information content (AvgIpc) is 2.34. The van der Waals surface area contributed by atoms with E-state index in [0.29, 0.717) is 17.4 Å². The highest BCUT2D eigenvalue weighted by Gasteiger charge is 2.18. The lowest BCUT2D eigenvalue weighted by atomic mass is 9.96. The molecule has 1 aliphatic rings. The third-order valence-electron chi connectivity index (χ3n) is 3.68. The van der Waals surface area contributed by atoms with Crippen LogP contribution in [0.1, 0.15) is 44.9 Å². The highest BCUT2D eigenvalue weighted by atomic mass is 16.6. The maximum absolute atomic E-state index is 11.0. The molecule has 1 aromatic carbocycles. The van der Waals surface area contributed by atoms with Gasteiger partial charge in [0.05, 0.1) is 4.92 Å². The van der Waals surface area contributed by atoms with Crippen molar-refractivity contribution in [1.82, 2.24) is 0 Å². The van der Waals surface area contributed by atoms with Crippen LogP contribution in [0.15, 0.2) is 18.2 Å².